The van der Waals surface area contributed by atoms with E-state index in [4.69, 9.17) is 10.5 Å². The lowest BCUT2D eigenvalue weighted by Crippen LogP contribution is -2.14. The van der Waals surface area contributed by atoms with E-state index in [0.717, 1.165) is 11.3 Å². The summed E-state index contributed by atoms with van der Waals surface area (Å²) in [5, 5.41) is 0. The van der Waals surface area contributed by atoms with Gasteiger partial charge in [-0.05, 0) is 30.3 Å². The molecule has 1 aromatic carbocycles. The average molecular weight is 244 g/mol. The second-order valence-electron chi connectivity index (χ2n) is 4.37. The zero-order valence-electron chi connectivity index (χ0n) is 9.77. The SMILES string of the molecule is NC[C@@H]1Cc2ncccc2Oc2cc(F)ccc21. The van der Waals surface area contributed by atoms with Gasteiger partial charge in [0.05, 0.1) is 5.69 Å². The minimum Gasteiger partial charge on any atom is -0.455 e. The molecule has 1 atom stereocenters. The van der Waals surface area contributed by atoms with Gasteiger partial charge < -0.3 is 10.5 Å². The Labute approximate surface area is 104 Å². The van der Waals surface area contributed by atoms with Gasteiger partial charge in [0.2, 0.25) is 0 Å². The minimum atomic E-state index is -0.308. The Balaban J connectivity index is 2.14. The third kappa shape index (κ3) is 1.84. The number of halogens is 1. The fourth-order valence-electron chi connectivity index (χ4n) is 2.28. The summed E-state index contributed by atoms with van der Waals surface area (Å²) >= 11 is 0. The number of nitrogens with zero attached hydrogens (tertiary/aromatic N) is 1. The highest BCUT2D eigenvalue weighted by Gasteiger charge is 2.23. The lowest BCUT2D eigenvalue weighted by molar-refractivity contribution is 0.470. The molecule has 2 heterocycles. The molecule has 0 unspecified atom stereocenters. The van der Waals surface area contributed by atoms with Crippen molar-refractivity contribution in [1.82, 2.24) is 4.98 Å². The van der Waals surface area contributed by atoms with E-state index in [-0.39, 0.29) is 11.7 Å². The summed E-state index contributed by atoms with van der Waals surface area (Å²) in [6.45, 7) is 0.484. The predicted molar refractivity (Wildman–Crippen MR) is 66.2 cm³/mol. The quantitative estimate of drug-likeness (QED) is 0.838. The van der Waals surface area contributed by atoms with E-state index < -0.39 is 0 Å². The van der Waals surface area contributed by atoms with Crippen molar-refractivity contribution in [2.24, 2.45) is 5.73 Å². The van der Waals surface area contributed by atoms with Crippen LogP contribution in [0.25, 0.3) is 0 Å². The molecular formula is C14H13FN2O. The van der Waals surface area contributed by atoms with Crippen molar-refractivity contribution in [2.45, 2.75) is 12.3 Å². The van der Waals surface area contributed by atoms with Gasteiger partial charge in [0.15, 0.2) is 0 Å². The van der Waals surface area contributed by atoms with Crippen LogP contribution in [0.15, 0.2) is 36.5 Å². The lowest BCUT2D eigenvalue weighted by Gasteiger charge is -2.13. The molecule has 1 aliphatic heterocycles. The lowest BCUT2D eigenvalue weighted by atomic mass is 9.94. The van der Waals surface area contributed by atoms with E-state index in [1.165, 1.54) is 12.1 Å². The Morgan fingerprint density at radius 2 is 2.22 bits per heavy atom. The van der Waals surface area contributed by atoms with Crippen molar-refractivity contribution in [3.8, 4) is 11.5 Å². The van der Waals surface area contributed by atoms with Crippen LogP contribution < -0.4 is 10.5 Å². The minimum absolute atomic E-state index is 0.108. The molecule has 0 bridgehead atoms. The van der Waals surface area contributed by atoms with Crippen LogP contribution in [0.3, 0.4) is 0 Å². The van der Waals surface area contributed by atoms with Gasteiger partial charge in [-0.25, -0.2) is 4.39 Å². The molecule has 3 nitrogen and oxygen atoms in total. The van der Waals surface area contributed by atoms with Crippen molar-refractivity contribution in [3.63, 3.8) is 0 Å². The largest absolute Gasteiger partial charge is 0.455 e. The summed E-state index contributed by atoms with van der Waals surface area (Å²) in [6.07, 6.45) is 2.44. The Bertz CT molecular complexity index is 586. The molecule has 0 amide bonds. The zero-order valence-corrected chi connectivity index (χ0v) is 9.77. The van der Waals surface area contributed by atoms with Crippen molar-refractivity contribution < 1.29 is 9.13 Å². The maximum atomic E-state index is 13.3. The maximum Gasteiger partial charge on any atom is 0.148 e. The highest BCUT2D eigenvalue weighted by atomic mass is 19.1. The number of ether oxygens (including phenoxy) is 1. The molecule has 1 aliphatic rings. The third-order valence-corrected chi connectivity index (χ3v) is 3.21. The summed E-state index contributed by atoms with van der Waals surface area (Å²) in [7, 11) is 0. The number of pyridine rings is 1. The highest BCUT2D eigenvalue weighted by molar-refractivity contribution is 5.45. The molecule has 0 aliphatic carbocycles. The van der Waals surface area contributed by atoms with E-state index in [0.29, 0.717) is 24.5 Å². The molecule has 3 rings (SSSR count). The monoisotopic (exact) mass is 244 g/mol. The molecule has 2 N–H and O–H groups in total. The summed E-state index contributed by atoms with van der Waals surface area (Å²) in [4.78, 5) is 4.31. The number of nitrogens with two attached hydrogens (primary N) is 1. The Morgan fingerprint density at radius 3 is 3.06 bits per heavy atom. The molecular weight excluding hydrogens is 231 g/mol. The molecule has 0 fully saturated rings. The van der Waals surface area contributed by atoms with Crippen molar-refractivity contribution in [2.75, 3.05) is 6.54 Å². The first-order chi connectivity index (χ1) is 8.78. The molecule has 92 valence electrons. The normalized spacial score (nSPS) is 17.3. The topological polar surface area (TPSA) is 48.1 Å². The molecule has 1 aromatic heterocycles. The molecule has 4 heteroatoms. The first kappa shape index (κ1) is 11.2. The Hall–Kier alpha value is -1.94. The van der Waals surface area contributed by atoms with Gasteiger partial charge >= 0.3 is 0 Å². The average Bonchev–Trinajstić information content (AvgIpc) is 2.53. The Kier molecular flexibility index (Phi) is 2.72. The van der Waals surface area contributed by atoms with Gasteiger partial charge in [0, 0.05) is 24.6 Å². The smallest absolute Gasteiger partial charge is 0.148 e. The highest BCUT2D eigenvalue weighted by Crippen LogP contribution is 2.38. The van der Waals surface area contributed by atoms with Crippen LogP contribution in [0.4, 0.5) is 4.39 Å². The van der Waals surface area contributed by atoms with Gasteiger partial charge in [0.25, 0.3) is 0 Å². The summed E-state index contributed by atoms with van der Waals surface area (Å²) in [5.74, 6) is 1.02. The van der Waals surface area contributed by atoms with Gasteiger partial charge in [-0.2, -0.15) is 0 Å². The fraction of sp³-hybridized carbons (Fsp3) is 0.214. The van der Waals surface area contributed by atoms with Gasteiger partial charge in [-0.3, -0.25) is 4.98 Å². The van der Waals surface area contributed by atoms with E-state index in [1.807, 2.05) is 6.07 Å². The fourth-order valence-corrected chi connectivity index (χ4v) is 2.28. The van der Waals surface area contributed by atoms with Crippen LogP contribution in [0.2, 0.25) is 0 Å². The number of rotatable bonds is 1. The van der Waals surface area contributed by atoms with Crippen LogP contribution in [0, 0.1) is 5.82 Å². The second kappa shape index (κ2) is 4.38. The summed E-state index contributed by atoms with van der Waals surface area (Å²) < 4.78 is 19.1. The summed E-state index contributed by atoms with van der Waals surface area (Å²) in [5.41, 5.74) is 7.61. The second-order valence-corrected chi connectivity index (χ2v) is 4.37. The molecule has 0 spiro atoms. The van der Waals surface area contributed by atoms with Crippen LogP contribution in [-0.4, -0.2) is 11.5 Å². The number of benzene rings is 1. The first-order valence-corrected chi connectivity index (χ1v) is 5.89. The van der Waals surface area contributed by atoms with E-state index in [2.05, 4.69) is 4.98 Å². The maximum absolute atomic E-state index is 13.3. The van der Waals surface area contributed by atoms with Gasteiger partial charge in [-0.1, -0.05) is 6.07 Å². The van der Waals surface area contributed by atoms with E-state index in [1.54, 1.807) is 18.3 Å². The summed E-state index contributed by atoms with van der Waals surface area (Å²) in [6, 6.07) is 8.24. The van der Waals surface area contributed by atoms with Gasteiger partial charge in [-0.15, -0.1) is 0 Å². The standard InChI is InChI=1S/C14H13FN2O/c15-10-3-4-11-9(8-16)6-12-13(2-1-5-17-12)18-14(11)7-10/h1-5,7,9H,6,8,16H2/t9-/m0/s1. The van der Waals surface area contributed by atoms with Gasteiger partial charge in [0.1, 0.15) is 17.3 Å². The number of aromatic nitrogens is 1. The van der Waals surface area contributed by atoms with Crippen molar-refractivity contribution >= 4 is 0 Å². The third-order valence-electron chi connectivity index (χ3n) is 3.21. The molecule has 0 radical (unpaired) electrons. The number of fused-ring (bicyclic) bond motifs is 2. The number of hydrogen-bond donors (Lipinski definition) is 1. The van der Waals surface area contributed by atoms with Crippen LogP contribution in [0.5, 0.6) is 11.5 Å². The molecule has 18 heavy (non-hydrogen) atoms. The zero-order chi connectivity index (χ0) is 12.5. The van der Waals surface area contributed by atoms with Crippen LogP contribution in [0.1, 0.15) is 17.2 Å². The Morgan fingerprint density at radius 1 is 1.33 bits per heavy atom. The molecule has 2 aromatic rings. The van der Waals surface area contributed by atoms with E-state index >= 15 is 0 Å². The predicted octanol–water partition coefficient (Wildman–Crippen LogP) is 2.61. The number of hydrogen-bond acceptors (Lipinski definition) is 3. The van der Waals surface area contributed by atoms with E-state index in [9.17, 15) is 4.39 Å². The van der Waals surface area contributed by atoms with Crippen molar-refractivity contribution in [3.05, 3.63) is 53.6 Å². The van der Waals surface area contributed by atoms with Crippen molar-refractivity contribution in [1.29, 1.82) is 0 Å². The van der Waals surface area contributed by atoms with Crippen LogP contribution >= 0.6 is 0 Å². The first-order valence-electron chi connectivity index (χ1n) is 5.89. The molecule has 0 saturated heterocycles. The molecule has 0 saturated carbocycles. The van der Waals surface area contributed by atoms with Crippen LogP contribution in [-0.2, 0) is 6.42 Å².